The Morgan fingerprint density at radius 2 is 1.95 bits per heavy atom. The lowest BCUT2D eigenvalue weighted by Crippen LogP contribution is -2.31. The second kappa shape index (κ2) is 7.98. The van der Waals surface area contributed by atoms with Crippen LogP contribution in [0.2, 0.25) is 10.0 Å². The maximum absolute atomic E-state index is 11.7. The predicted molar refractivity (Wildman–Crippen MR) is 85.3 cm³/mol. The summed E-state index contributed by atoms with van der Waals surface area (Å²) in [4.78, 5) is 11.7. The van der Waals surface area contributed by atoms with E-state index < -0.39 is 10.0 Å². The van der Waals surface area contributed by atoms with Crippen molar-refractivity contribution in [3.8, 4) is 0 Å². The quantitative estimate of drug-likeness (QED) is 0.762. The van der Waals surface area contributed by atoms with Crippen molar-refractivity contribution < 1.29 is 13.2 Å². The highest BCUT2D eigenvalue weighted by atomic mass is 35.5. The van der Waals surface area contributed by atoms with E-state index in [9.17, 15) is 13.2 Å². The summed E-state index contributed by atoms with van der Waals surface area (Å²) in [6.07, 6.45) is 1.91. The molecule has 0 heterocycles. The van der Waals surface area contributed by atoms with E-state index in [0.29, 0.717) is 29.6 Å². The summed E-state index contributed by atoms with van der Waals surface area (Å²) in [5, 5.41) is 3.60. The van der Waals surface area contributed by atoms with E-state index in [2.05, 4.69) is 5.32 Å². The first-order valence-corrected chi connectivity index (χ1v) is 8.92. The molecule has 0 aliphatic heterocycles. The minimum Gasteiger partial charge on any atom is -0.356 e. The molecule has 0 atom stereocenters. The first-order chi connectivity index (χ1) is 9.70. The number of nitrogens with zero attached hydrogens (tertiary/aromatic N) is 1. The van der Waals surface area contributed by atoms with E-state index in [-0.39, 0.29) is 12.3 Å². The minimum absolute atomic E-state index is 0.143. The molecule has 0 aliphatic carbocycles. The summed E-state index contributed by atoms with van der Waals surface area (Å²) in [5.74, 6) is -0.143. The molecule has 1 rings (SSSR count). The third kappa shape index (κ3) is 6.65. The summed E-state index contributed by atoms with van der Waals surface area (Å²) in [6, 6.07) is 5.04. The Labute approximate surface area is 135 Å². The summed E-state index contributed by atoms with van der Waals surface area (Å²) < 4.78 is 23.6. The topological polar surface area (TPSA) is 66.5 Å². The van der Waals surface area contributed by atoms with Gasteiger partial charge in [0.15, 0.2) is 0 Å². The van der Waals surface area contributed by atoms with Gasteiger partial charge in [0, 0.05) is 20.1 Å². The number of nitrogens with one attached hydrogen (secondary N) is 1. The first-order valence-electron chi connectivity index (χ1n) is 6.32. The molecule has 1 aromatic rings. The maximum Gasteiger partial charge on any atom is 0.224 e. The van der Waals surface area contributed by atoms with E-state index in [1.807, 2.05) is 0 Å². The van der Waals surface area contributed by atoms with Gasteiger partial charge in [0.25, 0.3) is 0 Å². The third-order valence-electron chi connectivity index (χ3n) is 2.89. The predicted octanol–water partition coefficient (Wildman–Crippen LogP) is 1.93. The number of carbonyl (C=O) groups is 1. The second-order valence-electron chi connectivity index (χ2n) is 4.71. The molecular formula is C13H18Cl2N2O3S. The number of benzene rings is 1. The van der Waals surface area contributed by atoms with Crippen LogP contribution >= 0.6 is 23.2 Å². The highest BCUT2D eigenvalue weighted by molar-refractivity contribution is 7.88. The Morgan fingerprint density at radius 1 is 1.29 bits per heavy atom. The molecule has 8 heteroatoms. The van der Waals surface area contributed by atoms with Crippen LogP contribution in [0.15, 0.2) is 18.2 Å². The summed E-state index contributed by atoms with van der Waals surface area (Å²) in [7, 11) is -1.66. The molecule has 0 unspecified atom stereocenters. The maximum atomic E-state index is 11.7. The number of amides is 1. The highest BCUT2D eigenvalue weighted by Gasteiger charge is 2.10. The minimum atomic E-state index is -3.17. The summed E-state index contributed by atoms with van der Waals surface area (Å²) in [5.41, 5.74) is 0.773. The smallest absolute Gasteiger partial charge is 0.224 e. The molecule has 118 valence electrons. The first kappa shape index (κ1) is 18.2. The zero-order valence-corrected chi connectivity index (χ0v) is 14.2. The number of halogens is 2. The van der Waals surface area contributed by atoms with E-state index in [1.54, 1.807) is 18.2 Å². The van der Waals surface area contributed by atoms with Gasteiger partial charge in [0.1, 0.15) is 0 Å². The Morgan fingerprint density at radius 3 is 2.52 bits per heavy atom. The average molecular weight is 353 g/mol. The van der Waals surface area contributed by atoms with Crippen LogP contribution in [0.25, 0.3) is 0 Å². The van der Waals surface area contributed by atoms with Crippen LogP contribution in [-0.2, 0) is 21.2 Å². The zero-order valence-electron chi connectivity index (χ0n) is 11.9. The van der Waals surface area contributed by atoms with E-state index in [0.717, 1.165) is 11.8 Å². The van der Waals surface area contributed by atoms with Crippen LogP contribution in [0.5, 0.6) is 0 Å². The van der Waals surface area contributed by atoms with Crippen molar-refractivity contribution in [2.24, 2.45) is 0 Å². The number of rotatable bonds is 7. The number of hydrogen-bond acceptors (Lipinski definition) is 3. The van der Waals surface area contributed by atoms with Crippen LogP contribution in [0.3, 0.4) is 0 Å². The summed E-state index contributed by atoms with van der Waals surface area (Å²) in [6.45, 7) is 0.784. The SMILES string of the molecule is CN(CCCNC(=O)Cc1ccc(Cl)c(Cl)c1)S(C)(=O)=O. The van der Waals surface area contributed by atoms with Gasteiger partial charge >= 0.3 is 0 Å². The molecule has 0 radical (unpaired) electrons. The van der Waals surface area contributed by atoms with Gasteiger partial charge < -0.3 is 5.32 Å². The lowest BCUT2D eigenvalue weighted by atomic mass is 10.1. The molecule has 0 aromatic heterocycles. The van der Waals surface area contributed by atoms with Crippen LogP contribution in [0, 0.1) is 0 Å². The van der Waals surface area contributed by atoms with Gasteiger partial charge in [0.2, 0.25) is 15.9 Å². The Bertz CT molecular complexity index is 605. The van der Waals surface area contributed by atoms with Crippen molar-refractivity contribution in [3.05, 3.63) is 33.8 Å². The normalized spacial score (nSPS) is 11.7. The average Bonchev–Trinajstić information content (AvgIpc) is 2.37. The molecule has 1 amide bonds. The van der Waals surface area contributed by atoms with Crippen molar-refractivity contribution in [1.82, 2.24) is 9.62 Å². The molecule has 0 bridgehead atoms. The Hall–Kier alpha value is -0.820. The largest absolute Gasteiger partial charge is 0.356 e. The van der Waals surface area contributed by atoms with Crippen molar-refractivity contribution in [3.63, 3.8) is 0 Å². The molecule has 0 aliphatic rings. The van der Waals surface area contributed by atoms with Crippen molar-refractivity contribution in [2.75, 3.05) is 26.4 Å². The standard InChI is InChI=1S/C13H18Cl2N2O3S/c1-17(21(2,19)20)7-3-6-16-13(18)9-10-4-5-11(14)12(15)8-10/h4-5,8H,3,6-7,9H2,1-2H3,(H,16,18). The van der Waals surface area contributed by atoms with Gasteiger partial charge in [-0.15, -0.1) is 0 Å². The number of hydrogen-bond donors (Lipinski definition) is 1. The van der Waals surface area contributed by atoms with Crippen LogP contribution in [0.4, 0.5) is 0 Å². The molecular weight excluding hydrogens is 335 g/mol. The highest BCUT2D eigenvalue weighted by Crippen LogP contribution is 2.22. The van der Waals surface area contributed by atoms with Crippen LogP contribution in [-0.4, -0.2) is 45.0 Å². The van der Waals surface area contributed by atoms with Gasteiger partial charge in [-0.05, 0) is 24.1 Å². The molecule has 0 saturated heterocycles. The zero-order chi connectivity index (χ0) is 16.0. The fourth-order valence-electron chi connectivity index (χ4n) is 1.59. The summed E-state index contributed by atoms with van der Waals surface area (Å²) >= 11 is 11.7. The lowest BCUT2D eigenvalue weighted by molar-refractivity contribution is -0.120. The molecule has 1 N–H and O–H groups in total. The Kier molecular flexibility index (Phi) is 6.93. The van der Waals surface area contributed by atoms with Gasteiger partial charge in [-0.3, -0.25) is 4.79 Å². The molecule has 0 saturated carbocycles. The number of sulfonamides is 1. The Balaban J connectivity index is 2.33. The van der Waals surface area contributed by atoms with Gasteiger partial charge in [-0.1, -0.05) is 29.3 Å². The molecule has 1 aromatic carbocycles. The van der Waals surface area contributed by atoms with Crippen molar-refractivity contribution in [1.29, 1.82) is 0 Å². The monoisotopic (exact) mass is 352 g/mol. The van der Waals surface area contributed by atoms with Gasteiger partial charge in [-0.25, -0.2) is 12.7 Å². The fraction of sp³-hybridized carbons (Fsp3) is 0.462. The fourth-order valence-corrected chi connectivity index (χ4v) is 2.37. The third-order valence-corrected chi connectivity index (χ3v) is 4.94. The molecule has 5 nitrogen and oxygen atoms in total. The van der Waals surface area contributed by atoms with Crippen molar-refractivity contribution in [2.45, 2.75) is 12.8 Å². The van der Waals surface area contributed by atoms with Crippen LogP contribution < -0.4 is 5.32 Å². The van der Waals surface area contributed by atoms with Gasteiger partial charge in [0.05, 0.1) is 22.7 Å². The number of carbonyl (C=O) groups excluding carboxylic acids is 1. The van der Waals surface area contributed by atoms with Gasteiger partial charge in [-0.2, -0.15) is 0 Å². The molecule has 0 spiro atoms. The lowest BCUT2D eigenvalue weighted by Gasteiger charge is -2.13. The second-order valence-corrected chi connectivity index (χ2v) is 7.62. The van der Waals surface area contributed by atoms with E-state index >= 15 is 0 Å². The van der Waals surface area contributed by atoms with E-state index in [1.165, 1.54) is 11.4 Å². The molecule has 0 fully saturated rings. The van der Waals surface area contributed by atoms with Crippen molar-refractivity contribution >= 4 is 39.1 Å². The molecule has 21 heavy (non-hydrogen) atoms. The van der Waals surface area contributed by atoms with Crippen LogP contribution in [0.1, 0.15) is 12.0 Å². The van der Waals surface area contributed by atoms with E-state index in [4.69, 9.17) is 23.2 Å².